The van der Waals surface area contributed by atoms with Crippen LogP contribution in [0.5, 0.6) is 11.5 Å². The third-order valence-electron chi connectivity index (χ3n) is 4.63. The summed E-state index contributed by atoms with van der Waals surface area (Å²) in [5.41, 5.74) is 4.58. The molecule has 0 aliphatic heterocycles. The zero-order valence-electron chi connectivity index (χ0n) is 17.0. The number of nitrogens with one attached hydrogen (secondary N) is 1. The third-order valence-corrected chi connectivity index (χ3v) is 5.01. The summed E-state index contributed by atoms with van der Waals surface area (Å²) >= 11 is 5.59. The van der Waals surface area contributed by atoms with E-state index in [1.807, 2.05) is 55.5 Å². The van der Waals surface area contributed by atoms with Crippen molar-refractivity contribution in [3.8, 4) is 11.5 Å². The van der Waals surface area contributed by atoms with Crippen molar-refractivity contribution in [2.75, 3.05) is 6.61 Å². The summed E-state index contributed by atoms with van der Waals surface area (Å²) in [5, 5.41) is 3.33. The molecule has 0 saturated heterocycles. The normalized spacial score (nSPS) is 10.4. The van der Waals surface area contributed by atoms with Crippen LogP contribution in [-0.4, -0.2) is 11.6 Å². The lowest BCUT2D eigenvalue weighted by molar-refractivity contribution is 0.269. The van der Waals surface area contributed by atoms with E-state index in [4.69, 9.17) is 21.7 Å². The van der Waals surface area contributed by atoms with Crippen molar-refractivity contribution in [3.63, 3.8) is 0 Å². The molecule has 0 aliphatic carbocycles. The molecule has 0 fully saturated rings. The Kier molecular flexibility index (Phi) is 7.65. The van der Waals surface area contributed by atoms with Gasteiger partial charge in [0, 0.05) is 12.1 Å². The number of ether oxygens (including phenoxy) is 2. The van der Waals surface area contributed by atoms with Crippen molar-refractivity contribution in [1.82, 2.24) is 5.32 Å². The summed E-state index contributed by atoms with van der Waals surface area (Å²) in [6, 6.07) is 24.5. The fourth-order valence-electron chi connectivity index (χ4n) is 2.95. The van der Waals surface area contributed by atoms with Gasteiger partial charge in [-0.3, -0.25) is 0 Å². The Bertz CT molecular complexity index is 923. The monoisotopic (exact) mass is 405 g/mol. The molecule has 0 radical (unpaired) electrons. The quantitative estimate of drug-likeness (QED) is 0.463. The highest BCUT2D eigenvalue weighted by atomic mass is 32.1. The first kappa shape index (κ1) is 20.9. The van der Waals surface area contributed by atoms with E-state index in [2.05, 4.69) is 36.5 Å². The van der Waals surface area contributed by atoms with Crippen molar-refractivity contribution in [2.45, 2.75) is 33.4 Å². The molecular weight excluding hydrogens is 378 g/mol. The molecule has 0 aliphatic rings. The Morgan fingerprint density at radius 2 is 1.52 bits per heavy atom. The highest BCUT2D eigenvalue weighted by Gasteiger charge is 2.10. The van der Waals surface area contributed by atoms with Crippen LogP contribution in [0, 0.1) is 0 Å². The van der Waals surface area contributed by atoms with Crippen LogP contribution in [0.4, 0.5) is 0 Å². The van der Waals surface area contributed by atoms with Crippen molar-refractivity contribution in [1.29, 1.82) is 0 Å². The fourth-order valence-corrected chi connectivity index (χ4v) is 3.15. The van der Waals surface area contributed by atoms with Gasteiger partial charge >= 0.3 is 0 Å². The van der Waals surface area contributed by atoms with Crippen molar-refractivity contribution >= 4 is 17.2 Å². The van der Waals surface area contributed by atoms with Crippen LogP contribution < -0.4 is 14.8 Å². The van der Waals surface area contributed by atoms with Crippen LogP contribution in [-0.2, 0) is 19.6 Å². The zero-order chi connectivity index (χ0) is 20.5. The van der Waals surface area contributed by atoms with Crippen molar-refractivity contribution in [3.05, 3.63) is 95.1 Å². The second-order valence-electron chi connectivity index (χ2n) is 6.72. The van der Waals surface area contributed by atoms with Gasteiger partial charge in [0.2, 0.25) is 0 Å². The molecule has 3 nitrogen and oxygen atoms in total. The van der Waals surface area contributed by atoms with Gasteiger partial charge < -0.3 is 14.8 Å². The molecule has 0 atom stereocenters. The van der Waals surface area contributed by atoms with Crippen LogP contribution in [0.1, 0.15) is 36.1 Å². The van der Waals surface area contributed by atoms with E-state index in [0.29, 0.717) is 30.5 Å². The summed E-state index contributed by atoms with van der Waals surface area (Å²) in [7, 11) is 0. The van der Waals surface area contributed by atoms with Gasteiger partial charge in [-0.05, 0) is 48.2 Å². The van der Waals surface area contributed by atoms with E-state index in [1.165, 1.54) is 11.1 Å². The van der Waals surface area contributed by atoms with E-state index in [-0.39, 0.29) is 0 Å². The first-order valence-electron chi connectivity index (χ1n) is 9.99. The summed E-state index contributed by atoms with van der Waals surface area (Å²) in [5.74, 6) is 1.43. The van der Waals surface area contributed by atoms with E-state index in [9.17, 15) is 0 Å². The van der Waals surface area contributed by atoms with Crippen LogP contribution in [0.2, 0.25) is 0 Å². The number of rotatable bonds is 9. The maximum absolute atomic E-state index is 5.97. The highest BCUT2D eigenvalue weighted by Crippen LogP contribution is 2.29. The van der Waals surface area contributed by atoms with E-state index in [0.717, 1.165) is 23.3 Å². The lowest BCUT2D eigenvalue weighted by Crippen LogP contribution is -2.21. The smallest absolute Gasteiger partial charge is 0.161 e. The highest BCUT2D eigenvalue weighted by molar-refractivity contribution is 7.80. The minimum Gasteiger partial charge on any atom is -0.490 e. The summed E-state index contributed by atoms with van der Waals surface area (Å²) in [4.78, 5) is 0.695. The Hall–Kier alpha value is -2.85. The molecule has 0 spiro atoms. The van der Waals surface area contributed by atoms with Gasteiger partial charge in [-0.25, -0.2) is 0 Å². The van der Waals surface area contributed by atoms with Crippen molar-refractivity contribution < 1.29 is 9.47 Å². The molecule has 0 saturated carbocycles. The Labute approximate surface area is 178 Å². The van der Waals surface area contributed by atoms with Crippen LogP contribution in [0.15, 0.2) is 72.8 Å². The Morgan fingerprint density at radius 1 is 0.793 bits per heavy atom. The molecule has 0 amide bonds. The molecule has 29 heavy (non-hydrogen) atoms. The molecule has 4 heteroatoms. The molecule has 150 valence electrons. The van der Waals surface area contributed by atoms with Gasteiger partial charge in [0.1, 0.15) is 11.6 Å². The summed E-state index contributed by atoms with van der Waals surface area (Å²) in [6.07, 6.45) is 1.05. The lowest BCUT2D eigenvalue weighted by Gasteiger charge is -2.15. The van der Waals surface area contributed by atoms with E-state index >= 15 is 0 Å². The van der Waals surface area contributed by atoms with Crippen LogP contribution in [0.25, 0.3) is 0 Å². The maximum atomic E-state index is 5.97. The molecular formula is C25H27NO2S. The minimum absolute atomic E-state index is 0.497. The molecule has 0 heterocycles. The molecule has 3 rings (SSSR count). The predicted octanol–water partition coefficient (Wildman–Crippen LogP) is 5.69. The molecule has 1 N–H and O–H groups in total. The molecule has 3 aromatic carbocycles. The number of aryl methyl sites for hydroxylation is 1. The predicted molar refractivity (Wildman–Crippen MR) is 123 cm³/mol. The largest absolute Gasteiger partial charge is 0.490 e. The summed E-state index contributed by atoms with van der Waals surface area (Å²) < 4.78 is 11.8. The Morgan fingerprint density at radius 3 is 2.21 bits per heavy atom. The van der Waals surface area contributed by atoms with Gasteiger partial charge in [-0.1, -0.05) is 73.7 Å². The lowest BCUT2D eigenvalue weighted by atomic mass is 10.1. The van der Waals surface area contributed by atoms with Gasteiger partial charge in [-0.2, -0.15) is 0 Å². The number of hydrogen-bond donors (Lipinski definition) is 1. The fraction of sp³-hybridized carbons (Fsp3) is 0.240. The average Bonchev–Trinajstić information content (AvgIpc) is 2.78. The number of thiocarbonyl (C=S) groups is 1. The topological polar surface area (TPSA) is 30.5 Å². The SMILES string of the molecule is CCOc1cc(C(=S)NCc2ccc(CC)cc2)ccc1OCc1ccccc1. The van der Waals surface area contributed by atoms with Crippen LogP contribution in [0.3, 0.4) is 0 Å². The summed E-state index contributed by atoms with van der Waals surface area (Å²) in [6.45, 7) is 5.88. The van der Waals surface area contributed by atoms with Crippen LogP contribution >= 0.6 is 12.2 Å². The minimum atomic E-state index is 0.497. The van der Waals surface area contributed by atoms with Gasteiger partial charge in [0.05, 0.1) is 6.61 Å². The van der Waals surface area contributed by atoms with Gasteiger partial charge in [0.15, 0.2) is 11.5 Å². The second kappa shape index (κ2) is 10.6. The molecule has 3 aromatic rings. The molecule has 0 bridgehead atoms. The van der Waals surface area contributed by atoms with Crippen molar-refractivity contribution in [2.24, 2.45) is 0 Å². The average molecular weight is 406 g/mol. The molecule has 0 unspecified atom stereocenters. The van der Waals surface area contributed by atoms with Gasteiger partial charge in [0.25, 0.3) is 0 Å². The van der Waals surface area contributed by atoms with E-state index in [1.54, 1.807) is 0 Å². The number of benzene rings is 3. The second-order valence-corrected chi connectivity index (χ2v) is 7.13. The standard InChI is InChI=1S/C25H27NO2S/c1-3-19-10-12-20(13-11-19)17-26-25(29)22-14-15-23(24(16-22)27-4-2)28-18-21-8-6-5-7-9-21/h5-16H,3-4,17-18H2,1-2H3,(H,26,29). The third kappa shape index (κ3) is 6.06. The van der Waals surface area contributed by atoms with Gasteiger partial charge in [-0.15, -0.1) is 0 Å². The van der Waals surface area contributed by atoms with E-state index < -0.39 is 0 Å². The maximum Gasteiger partial charge on any atom is 0.161 e. The molecule has 0 aromatic heterocycles. The number of hydrogen-bond acceptors (Lipinski definition) is 3. The Balaban J connectivity index is 1.65. The first-order valence-corrected chi connectivity index (χ1v) is 10.4. The zero-order valence-corrected chi connectivity index (χ0v) is 17.8. The first-order chi connectivity index (χ1) is 14.2.